The van der Waals surface area contributed by atoms with E-state index in [9.17, 15) is 10.5 Å². The van der Waals surface area contributed by atoms with E-state index in [1.54, 1.807) is 6.07 Å². The predicted molar refractivity (Wildman–Crippen MR) is 224 cm³/mol. The fourth-order valence-corrected chi connectivity index (χ4v) is 10.0. The van der Waals surface area contributed by atoms with Gasteiger partial charge in [0.15, 0.2) is 17.5 Å². The van der Waals surface area contributed by atoms with Gasteiger partial charge in [-0.25, -0.2) is 15.0 Å². The molecule has 6 atom stereocenters. The molecule has 1 heterocycles. The lowest BCUT2D eigenvalue weighted by Gasteiger charge is -2.35. The van der Waals surface area contributed by atoms with E-state index < -0.39 is 0 Å². The van der Waals surface area contributed by atoms with Crippen molar-refractivity contribution in [1.82, 2.24) is 15.0 Å². The number of rotatable bonds is 7. The number of benzene rings is 4. The Hall–Kier alpha value is -5.13. The topological polar surface area (TPSA) is 86.2 Å². The van der Waals surface area contributed by atoms with Gasteiger partial charge in [-0.2, -0.15) is 10.5 Å². The lowest BCUT2D eigenvalue weighted by Crippen LogP contribution is -2.28. The molecule has 7 rings (SSSR count). The molecule has 5 aromatic rings. The van der Waals surface area contributed by atoms with Crippen molar-refractivity contribution in [2.24, 2.45) is 23.7 Å². The summed E-state index contributed by atoms with van der Waals surface area (Å²) in [5.41, 5.74) is 8.66. The Morgan fingerprint density at radius 3 is 1.27 bits per heavy atom. The van der Waals surface area contributed by atoms with Crippen LogP contribution in [0.3, 0.4) is 0 Å². The molecule has 0 aliphatic heterocycles. The Bertz CT molecular complexity index is 2150. The third-order valence-electron chi connectivity index (χ3n) is 13.0. The second-order valence-corrected chi connectivity index (χ2v) is 17.6. The fraction of sp³-hybridized carbons (Fsp3) is 0.420. The second-order valence-electron chi connectivity index (χ2n) is 17.6. The fourth-order valence-electron chi connectivity index (χ4n) is 10.0. The van der Waals surface area contributed by atoms with Gasteiger partial charge in [-0.15, -0.1) is 0 Å². The van der Waals surface area contributed by atoms with Gasteiger partial charge >= 0.3 is 0 Å². The highest BCUT2D eigenvalue weighted by atomic mass is 15.0. The molecule has 0 spiro atoms. The highest BCUT2D eigenvalue weighted by molar-refractivity contribution is 5.72. The van der Waals surface area contributed by atoms with Crippen molar-refractivity contribution in [3.63, 3.8) is 0 Å². The Balaban J connectivity index is 1.27. The van der Waals surface area contributed by atoms with Crippen LogP contribution in [0.5, 0.6) is 0 Å². The number of hydrogen-bond acceptors (Lipinski definition) is 5. The largest absolute Gasteiger partial charge is 0.208 e. The van der Waals surface area contributed by atoms with Crippen molar-refractivity contribution in [1.29, 1.82) is 10.5 Å². The molecule has 1 aromatic heterocycles. The average Bonchev–Trinajstić information content (AvgIpc) is 3.46. The van der Waals surface area contributed by atoms with E-state index in [1.807, 2.05) is 36.4 Å². The zero-order valence-electron chi connectivity index (χ0n) is 33.6. The summed E-state index contributed by atoms with van der Waals surface area (Å²) in [5, 5.41) is 19.1. The van der Waals surface area contributed by atoms with Gasteiger partial charge in [-0.05, 0) is 107 Å². The van der Waals surface area contributed by atoms with Gasteiger partial charge in [0.05, 0.1) is 23.3 Å². The normalized spacial score (nSPS) is 25.6. The Labute approximate surface area is 328 Å². The molecule has 4 unspecified atom stereocenters. The number of nitrogens with zero attached hydrogens (tertiary/aromatic N) is 5. The molecule has 55 heavy (non-hydrogen) atoms. The van der Waals surface area contributed by atoms with Gasteiger partial charge in [-0.1, -0.05) is 140 Å². The molecule has 280 valence electrons. The van der Waals surface area contributed by atoms with E-state index in [2.05, 4.69) is 102 Å². The molecule has 2 fully saturated rings. The Morgan fingerprint density at radius 2 is 0.873 bits per heavy atom. The first kappa shape index (κ1) is 38.2. The van der Waals surface area contributed by atoms with Crippen LogP contribution in [0.1, 0.15) is 122 Å². The van der Waals surface area contributed by atoms with Crippen molar-refractivity contribution in [3.05, 3.63) is 113 Å². The van der Waals surface area contributed by atoms with Crippen molar-refractivity contribution in [2.45, 2.75) is 110 Å². The molecule has 5 nitrogen and oxygen atoms in total. The molecule has 4 aromatic carbocycles. The third kappa shape index (κ3) is 8.28. The smallest absolute Gasteiger partial charge is 0.164 e. The average molecular weight is 726 g/mol. The summed E-state index contributed by atoms with van der Waals surface area (Å²) in [6, 6.07) is 35.7. The number of hydrogen-bond donors (Lipinski definition) is 0. The highest BCUT2D eigenvalue weighted by Crippen LogP contribution is 2.46. The van der Waals surface area contributed by atoms with Crippen molar-refractivity contribution < 1.29 is 0 Å². The Morgan fingerprint density at radius 1 is 0.509 bits per heavy atom. The lowest BCUT2D eigenvalue weighted by atomic mass is 9.69. The predicted octanol–water partition coefficient (Wildman–Crippen LogP) is 12.9. The van der Waals surface area contributed by atoms with Crippen LogP contribution in [0.25, 0.3) is 45.3 Å². The second kappa shape index (κ2) is 15.9. The summed E-state index contributed by atoms with van der Waals surface area (Å²) in [4.78, 5) is 15.3. The molecular formula is C50H55N5. The first-order valence-electron chi connectivity index (χ1n) is 20.5. The highest BCUT2D eigenvalue weighted by Gasteiger charge is 2.36. The zero-order chi connectivity index (χ0) is 38.7. The molecule has 0 saturated heterocycles. The summed E-state index contributed by atoms with van der Waals surface area (Å²) in [5.74, 6) is 4.79. The lowest BCUT2D eigenvalue weighted by molar-refractivity contribution is 0.295. The van der Waals surface area contributed by atoms with Crippen LogP contribution < -0.4 is 0 Å². The van der Waals surface area contributed by atoms with Crippen LogP contribution in [-0.4, -0.2) is 15.0 Å². The maximum atomic E-state index is 9.54. The first-order valence-corrected chi connectivity index (χ1v) is 20.5. The van der Waals surface area contributed by atoms with E-state index in [4.69, 9.17) is 15.0 Å². The number of aromatic nitrogens is 3. The van der Waals surface area contributed by atoms with Crippen molar-refractivity contribution in [2.75, 3.05) is 0 Å². The van der Waals surface area contributed by atoms with E-state index in [0.717, 1.165) is 46.1 Å². The molecule has 2 saturated carbocycles. The van der Waals surface area contributed by atoms with Crippen molar-refractivity contribution in [3.8, 4) is 57.4 Å². The van der Waals surface area contributed by atoms with Crippen LogP contribution in [-0.2, 0) is 10.8 Å². The van der Waals surface area contributed by atoms with E-state index in [0.29, 0.717) is 40.4 Å². The minimum absolute atomic E-state index is 0.149. The molecule has 5 heteroatoms. The van der Waals surface area contributed by atoms with Crippen LogP contribution in [0.2, 0.25) is 0 Å². The van der Waals surface area contributed by atoms with Crippen molar-refractivity contribution >= 4 is 0 Å². The molecule has 0 bridgehead atoms. The van der Waals surface area contributed by atoms with Gasteiger partial charge in [-0.3, -0.25) is 0 Å². The summed E-state index contributed by atoms with van der Waals surface area (Å²) in [6.45, 7) is 14.5. The van der Waals surface area contributed by atoms with Gasteiger partial charge in [0.2, 0.25) is 0 Å². The molecule has 2 aliphatic carbocycles. The van der Waals surface area contributed by atoms with Gasteiger partial charge in [0, 0.05) is 16.7 Å². The monoisotopic (exact) mass is 725 g/mol. The molecule has 0 amide bonds. The van der Waals surface area contributed by atoms with Crippen LogP contribution >= 0.6 is 0 Å². The molecule has 0 N–H and O–H groups in total. The first-order chi connectivity index (χ1) is 26.5. The standard InChI is InChI=1S/C50H55N5/c1-7-50(29-35(4)10-11-36(5)30-50)45-22-18-42(19-23-45)48-54-46(40-14-12-39(13-15-40)43-25-37(31-51)24-38(26-43)32-52)53-47(55-48)41-16-20-44(21-17-41)49(6)27-33(2)8-9-34(3)28-49/h12-26,33-36H,7-11,27-30H2,1-6H3/t33-,34?,35-,36?,49?,50?/m0/s1. The maximum absolute atomic E-state index is 9.54. The van der Waals surface area contributed by atoms with E-state index in [1.165, 1.54) is 62.5 Å². The molecular weight excluding hydrogens is 671 g/mol. The summed E-state index contributed by atoms with van der Waals surface area (Å²) < 4.78 is 0. The number of nitriles is 2. The van der Waals surface area contributed by atoms with Gasteiger partial charge < -0.3 is 0 Å². The molecule has 2 aliphatic rings. The molecule has 0 radical (unpaired) electrons. The summed E-state index contributed by atoms with van der Waals surface area (Å²) in [7, 11) is 0. The SMILES string of the molecule is CCC1(c2ccc(-c3nc(-c4ccc(-c5cc(C#N)cc(C#N)c5)cc4)nc(-c4ccc(C5(C)CC(C)CC[C@H](C)C5)cc4)n3)cc2)CC(C)CC[C@H](C)C1. The van der Waals surface area contributed by atoms with Crippen LogP contribution in [0.15, 0.2) is 91.0 Å². The zero-order valence-corrected chi connectivity index (χ0v) is 33.6. The van der Waals surface area contributed by atoms with Gasteiger partial charge in [0.25, 0.3) is 0 Å². The summed E-state index contributed by atoms with van der Waals surface area (Å²) in [6.07, 6.45) is 11.2. The van der Waals surface area contributed by atoms with Crippen LogP contribution in [0.4, 0.5) is 0 Å². The maximum Gasteiger partial charge on any atom is 0.164 e. The quantitative estimate of drug-likeness (QED) is 0.156. The minimum atomic E-state index is 0.149. The van der Waals surface area contributed by atoms with E-state index >= 15 is 0 Å². The Kier molecular flexibility index (Phi) is 11.0. The minimum Gasteiger partial charge on any atom is -0.208 e. The summed E-state index contributed by atoms with van der Waals surface area (Å²) >= 11 is 0. The third-order valence-corrected chi connectivity index (χ3v) is 13.0. The van der Waals surface area contributed by atoms with E-state index in [-0.39, 0.29) is 10.8 Å². The van der Waals surface area contributed by atoms with Gasteiger partial charge in [0.1, 0.15) is 0 Å². The van der Waals surface area contributed by atoms with Crippen LogP contribution in [0, 0.1) is 46.3 Å².